The van der Waals surface area contributed by atoms with E-state index in [9.17, 15) is 20.2 Å². The van der Waals surface area contributed by atoms with E-state index in [2.05, 4.69) is 6.07 Å². The number of nitrogens with one attached hydrogen (secondary N) is 1. The van der Waals surface area contributed by atoms with Gasteiger partial charge in [0.1, 0.15) is 11.9 Å². The molecule has 6 nitrogen and oxygen atoms in total. The molecule has 3 aliphatic rings. The second-order valence-electron chi connectivity index (χ2n) is 7.87. The van der Waals surface area contributed by atoms with Crippen LogP contribution in [-0.4, -0.2) is 11.7 Å². The molecule has 1 saturated carbocycles. The third-order valence-corrected chi connectivity index (χ3v) is 6.87. The Morgan fingerprint density at radius 3 is 2.48 bits per heavy atom. The fourth-order valence-corrected chi connectivity index (χ4v) is 5.31. The fraction of sp³-hybridized carbons (Fsp3) is 0.524. The summed E-state index contributed by atoms with van der Waals surface area (Å²) in [5.41, 5.74) is -3.65. The smallest absolute Gasteiger partial charge is 0.217 e. The Labute approximate surface area is 172 Å². The SMILES string of the molecule is N#CC1(C#N)C(c2ccc(Cl)c(F)c2)OC23CCCCCCC2C1(C#N)C(=N)O3. The zero-order valence-electron chi connectivity index (χ0n) is 15.5. The van der Waals surface area contributed by atoms with Crippen LogP contribution >= 0.6 is 11.6 Å². The highest BCUT2D eigenvalue weighted by Gasteiger charge is 2.80. The largest absolute Gasteiger partial charge is 0.447 e. The summed E-state index contributed by atoms with van der Waals surface area (Å²) >= 11 is 5.80. The van der Waals surface area contributed by atoms with Crippen molar-refractivity contribution in [1.82, 2.24) is 0 Å². The molecule has 1 N–H and O–H groups in total. The van der Waals surface area contributed by atoms with Gasteiger partial charge in [0.15, 0.2) is 5.41 Å². The summed E-state index contributed by atoms with van der Waals surface area (Å²) in [7, 11) is 0. The van der Waals surface area contributed by atoms with Gasteiger partial charge in [0.2, 0.25) is 17.1 Å². The molecule has 3 fully saturated rings. The first kappa shape index (κ1) is 19.6. The summed E-state index contributed by atoms with van der Waals surface area (Å²) in [6, 6.07) is 10.0. The molecule has 29 heavy (non-hydrogen) atoms. The zero-order chi connectivity index (χ0) is 20.9. The zero-order valence-corrected chi connectivity index (χ0v) is 16.3. The summed E-state index contributed by atoms with van der Waals surface area (Å²) in [6.45, 7) is 0. The van der Waals surface area contributed by atoms with Crippen molar-refractivity contribution in [3.63, 3.8) is 0 Å². The molecule has 2 heterocycles. The molecule has 1 aromatic carbocycles. The molecule has 0 spiro atoms. The summed E-state index contributed by atoms with van der Waals surface area (Å²) in [5.74, 6) is -3.04. The molecule has 2 saturated heterocycles. The van der Waals surface area contributed by atoms with Gasteiger partial charge in [0.05, 0.1) is 29.1 Å². The maximum absolute atomic E-state index is 14.2. The molecule has 0 aromatic heterocycles. The van der Waals surface area contributed by atoms with E-state index in [1.54, 1.807) is 0 Å². The number of nitrogens with zero attached hydrogens (tertiary/aromatic N) is 3. The minimum Gasteiger partial charge on any atom is -0.447 e. The molecule has 4 rings (SSSR count). The van der Waals surface area contributed by atoms with E-state index in [-0.39, 0.29) is 10.6 Å². The van der Waals surface area contributed by atoms with E-state index in [0.717, 1.165) is 31.7 Å². The van der Waals surface area contributed by atoms with E-state index in [4.69, 9.17) is 26.5 Å². The summed E-state index contributed by atoms with van der Waals surface area (Å²) < 4.78 is 26.4. The quantitative estimate of drug-likeness (QED) is 0.713. The van der Waals surface area contributed by atoms with Crippen molar-refractivity contribution in [3.8, 4) is 18.2 Å². The number of ether oxygens (including phenoxy) is 2. The van der Waals surface area contributed by atoms with Crippen LogP contribution in [0.3, 0.4) is 0 Å². The number of nitriles is 3. The van der Waals surface area contributed by atoms with Crippen LogP contribution in [-0.2, 0) is 9.47 Å². The lowest BCUT2D eigenvalue weighted by molar-refractivity contribution is -0.289. The van der Waals surface area contributed by atoms with Crippen molar-refractivity contribution in [1.29, 1.82) is 21.2 Å². The van der Waals surface area contributed by atoms with Gasteiger partial charge in [-0.15, -0.1) is 0 Å². The van der Waals surface area contributed by atoms with Crippen LogP contribution in [0, 0.1) is 62.0 Å². The first-order chi connectivity index (χ1) is 13.9. The summed E-state index contributed by atoms with van der Waals surface area (Å²) in [4.78, 5) is 0. The fourth-order valence-electron chi connectivity index (χ4n) is 5.19. The maximum atomic E-state index is 14.2. The van der Waals surface area contributed by atoms with Gasteiger partial charge in [-0.25, -0.2) is 4.39 Å². The van der Waals surface area contributed by atoms with Crippen LogP contribution in [0.1, 0.15) is 50.2 Å². The molecule has 8 heteroatoms. The van der Waals surface area contributed by atoms with Crippen molar-refractivity contribution in [2.45, 2.75) is 50.4 Å². The number of hydrogen-bond donors (Lipinski definition) is 1. The lowest BCUT2D eigenvalue weighted by Gasteiger charge is -2.50. The average molecular weight is 413 g/mol. The molecular formula is C21H18ClFN4O2. The monoisotopic (exact) mass is 412 g/mol. The van der Waals surface area contributed by atoms with Crippen LogP contribution in [0.5, 0.6) is 0 Å². The average Bonchev–Trinajstić information content (AvgIpc) is 2.87. The Hall–Kier alpha value is -2.66. The van der Waals surface area contributed by atoms with Crippen molar-refractivity contribution < 1.29 is 13.9 Å². The normalized spacial score (nSPS) is 35.1. The van der Waals surface area contributed by atoms with Crippen LogP contribution in [0.15, 0.2) is 18.2 Å². The Morgan fingerprint density at radius 1 is 1.10 bits per heavy atom. The van der Waals surface area contributed by atoms with Gasteiger partial charge in [0, 0.05) is 6.42 Å². The van der Waals surface area contributed by atoms with Crippen molar-refractivity contribution in [2.24, 2.45) is 16.7 Å². The predicted octanol–water partition coefficient (Wildman–Crippen LogP) is 4.77. The summed E-state index contributed by atoms with van der Waals surface area (Å²) in [5, 5.41) is 39.0. The van der Waals surface area contributed by atoms with E-state index in [1.165, 1.54) is 12.1 Å². The lowest BCUT2D eigenvalue weighted by atomic mass is 9.52. The highest BCUT2D eigenvalue weighted by Crippen LogP contribution is 2.68. The van der Waals surface area contributed by atoms with Gasteiger partial charge < -0.3 is 9.47 Å². The van der Waals surface area contributed by atoms with Gasteiger partial charge >= 0.3 is 0 Å². The molecule has 4 unspecified atom stereocenters. The minimum absolute atomic E-state index is 0.104. The Bertz CT molecular complexity index is 995. The molecule has 2 bridgehead atoms. The van der Waals surface area contributed by atoms with E-state index in [0.29, 0.717) is 12.8 Å². The van der Waals surface area contributed by atoms with E-state index >= 15 is 0 Å². The van der Waals surface area contributed by atoms with Gasteiger partial charge in [-0.2, -0.15) is 15.8 Å². The second kappa shape index (κ2) is 6.70. The molecule has 2 aliphatic heterocycles. The summed E-state index contributed by atoms with van der Waals surface area (Å²) in [6.07, 6.45) is 3.13. The third kappa shape index (κ3) is 2.37. The number of benzene rings is 1. The minimum atomic E-state index is -2.07. The Balaban J connectivity index is 1.98. The first-order valence-corrected chi connectivity index (χ1v) is 9.93. The Kier molecular flexibility index (Phi) is 4.54. The van der Waals surface area contributed by atoms with Gasteiger partial charge in [0.25, 0.3) is 0 Å². The number of halogens is 2. The lowest BCUT2D eigenvalue weighted by Crippen LogP contribution is -2.59. The highest BCUT2D eigenvalue weighted by atomic mass is 35.5. The van der Waals surface area contributed by atoms with E-state index < -0.39 is 40.4 Å². The molecule has 148 valence electrons. The third-order valence-electron chi connectivity index (χ3n) is 6.56. The van der Waals surface area contributed by atoms with Gasteiger partial charge in [-0.05, 0) is 30.5 Å². The maximum Gasteiger partial charge on any atom is 0.217 e. The molecular weight excluding hydrogens is 395 g/mol. The molecule has 0 radical (unpaired) electrons. The van der Waals surface area contributed by atoms with E-state index in [1.807, 2.05) is 12.1 Å². The van der Waals surface area contributed by atoms with Gasteiger partial charge in [-0.1, -0.05) is 36.9 Å². The molecule has 4 atom stereocenters. The predicted molar refractivity (Wildman–Crippen MR) is 99.7 cm³/mol. The van der Waals surface area contributed by atoms with Crippen molar-refractivity contribution in [2.75, 3.05) is 0 Å². The second-order valence-corrected chi connectivity index (χ2v) is 8.28. The molecule has 1 aromatic rings. The van der Waals surface area contributed by atoms with Crippen molar-refractivity contribution >= 4 is 17.5 Å². The van der Waals surface area contributed by atoms with Gasteiger partial charge in [-0.3, -0.25) is 5.41 Å². The molecule has 1 aliphatic carbocycles. The standard InChI is InChI=1S/C21H18ClFN4O2/c22-14-7-6-13(9-15(14)23)17-19(10-24,11-25)20(12-26)16-5-3-1-2-4-8-21(16,28-17)29-18(20)27/h6-7,9,16-17,27H,1-5,8H2. The first-order valence-electron chi connectivity index (χ1n) is 9.55. The van der Waals surface area contributed by atoms with Crippen LogP contribution < -0.4 is 0 Å². The topological polar surface area (TPSA) is 114 Å². The van der Waals surface area contributed by atoms with Crippen LogP contribution in [0.25, 0.3) is 0 Å². The Morgan fingerprint density at radius 2 is 1.83 bits per heavy atom. The van der Waals surface area contributed by atoms with Crippen molar-refractivity contribution in [3.05, 3.63) is 34.6 Å². The highest BCUT2D eigenvalue weighted by molar-refractivity contribution is 6.30. The number of hydrogen-bond acceptors (Lipinski definition) is 6. The van der Waals surface area contributed by atoms with Crippen LogP contribution in [0.4, 0.5) is 4.39 Å². The van der Waals surface area contributed by atoms with Crippen LogP contribution in [0.2, 0.25) is 5.02 Å². The molecule has 0 amide bonds. The number of rotatable bonds is 1.